The topological polar surface area (TPSA) is 69.7 Å². The standard InChI is InChI=1S/C21H25N3O3S/c1-15-3-5-18(6-4-15)24-10-9-16(14-24)13-22-28(26,27)19-7-8-20-17(11-19)12-21(25)23(20)2/h3-8,11,16,22H,9-10,12-14H2,1-2H3. The van der Waals surface area contributed by atoms with E-state index in [2.05, 4.69) is 40.8 Å². The van der Waals surface area contributed by atoms with Crippen LogP contribution in [0.2, 0.25) is 0 Å². The SMILES string of the molecule is Cc1ccc(N2CCC(CNS(=O)(=O)c3ccc4c(c3)CC(=O)N4C)C2)cc1. The number of nitrogens with zero attached hydrogens (tertiary/aromatic N) is 2. The molecule has 1 N–H and O–H groups in total. The number of hydrogen-bond donors (Lipinski definition) is 1. The molecule has 0 aliphatic carbocycles. The second-order valence-corrected chi connectivity index (χ2v) is 9.48. The van der Waals surface area contributed by atoms with Gasteiger partial charge in [-0.2, -0.15) is 0 Å². The van der Waals surface area contributed by atoms with Gasteiger partial charge in [0.2, 0.25) is 15.9 Å². The van der Waals surface area contributed by atoms with Gasteiger partial charge in [0, 0.05) is 38.1 Å². The Balaban J connectivity index is 1.39. The van der Waals surface area contributed by atoms with Crippen LogP contribution in [-0.4, -0.2) is 41.0 Å². The van der Waals surface area contributed by atoms with E-state index in [0.29, 0.717) is 6.54 Å². The number of carbonyl (C=O) groups excluding carboxylic acids is 1. The summed E-state index contributed by atoms with van der Waals surface area (Å²) in [5.74, 6) is 0.262. The minimum absolute atomic E-state index is 0.0142. The van der Waals surface area contributed by atoms with Crippen LogP contribution < -0.4 is 14.5 Å². The number of nitrogens with one attached hydrogen (secondary N) is 1. The number of fused-ring (bicyclic) bond motifs is 1. The lowest BCUT2D eigenvalue weighted by molar-refractivity contribution is -0.117. The van der Waals surface area contributed by atoms with Crippen LogP contribution in [0.1, 0.15) is 17.5 Å². The molecule has 0 radical (unpaired) electrons. The Morgan fingerprint density at radius 1 is 1.14 bits per heavy atom. The van der Waals surface area contributed by atoms with E-state index in [1.54, 1.807) is 30.1 Å². The third-order valence-electron chi connectivity index (χ3n) is 5.69. The molecule has 0 spiro atoms. The third kappa shape index (κ3) is 3.64. The number of aryl methyl sites for hydroxylation is 1. The number of carbonyl (C=O) groups is 1. The minimum Gasteiger partial charge on any atom is -0.371 e. The first-order chi connectivity index (χ1) is 13.3. The van der Waals surface area contributed by atoms with E-state index in [9.17, 15) is 13.2 Å². The Kier molecular flexibility index (Phi) is 4.89. The number of rotatable bonds is 5. The van der Waals surface area contributed by atoms with Crippen molar-refractivity contribution in [3.8, 4) is 0 Å². The minimum atomic E-state index is -3.59. The van der Waals surface area contributed by atoms with E-state index >= 15 is 0 Å². The lowest BCUT2D eigenvalue weighted by Gasteiger charge is -2.19. The quantitative estimate of drug-likeness (QED) is 0.838. The summed E-state index contributed by atoms with van der Waals surface area (Å²) in [7, 11) is -1.88. The van der Waals surface area contributed by atoms with Gasteiger partial charge in [-0.25, -0.2) is 13.1 Å². The lowest BCUT2D eigenvalue weighted by atomic mass is 10.1. The first kappa shape index (κ1) is 19.0. The number of hydrogen-bond acceptors (Lipinski definition) is 4. The highest BCUT2D eigenvalue weighted by molar-refractivity contribution is 7.89. The van der Waals surface area contributed by atoms with Crippen molar-refractivity contribution in [3.05, 3.63) is 53.6 Å². The summed E-state index contributed by atoms with van der Waals surface area (Å²) in [5.41, 5.74) is 3.97. The number of sulfonamides is 1. The molecule has 2 aromatic rings. The maximum absolute atomic E-state index is 12.7. The Morgan fingerprint density at radius 2 is 1.89 bits per heavy atom. The van der Waals surface area contributed by atoms with Crippen LogP contribution >= 0.6 is 0 Å². The van der Waals surface area contributed by atoms with Crippen LogP contribution in [0.5, 0.6) is 0 Å². The first-order valence-electron chi connectivity index (χ1n) is 9.54. The summed E-state index contributed by atoms with van der Waals surface area (Å²) in [4.78, 5) is 15.9. The molecule has 2 aliphatic rings. The summed E-state index contributed by atoms with van der Waals surface area (Å²) < 4.78 is 28.2. The van der Waals surface area contributed by atoms with Crippen molar-refractivity contribution in [1.29, 1.82) is 0 Å². The second kappa shape index (κ2) is 7.22. The summed E-state index contributed by atoms with van der Waals surface area (Å²) in [6.45, 7) is 4.26. The molecule has 2 aromatic carbocycles. The summed E-state index contributed by atoms with van der Waals surface area (Å²) >= 11 is 0. The number of anilines is 2. The zero-order valence-electron chi connectivity index (χ0n) is 16.2. The molecule has 148 valence electrons. The van der Waals surface area contributed by atoms with Crippen LogP contribution in [-0.2, 0) is 21.2 Å². The van der Waals surface area contributed by atoms with Crippen LogP contribution in [0.15, 0.2) is 47.4 Å². The van der Waals surface area contributed by atoms with Crippen molar-refractivity contribution in [1.82, 2.24) is 4.72 Å². The largest absolute Gasteiger partial charge is 0.371 e. The van der Waals surface area contributed by atoms with Gasteiger partial charge in [-0.05, 0) is 55.2 Å². The maximum atomic E-state index is 12.7. The maximum Gasteiger partial charge on any atom is 0.240 e. The van der Waals surface area contributed by atoms with Gasteiger partial charge in [0.25, 0.3) is 0 Å². The predicted molar refractivity (Wildman–Crippen MR) is 110 cm³/mol. The summed E-state index contributed by atoms with van der Waals surface area (Å²) in [6, 6.07) is 13.3. The monoisotopic (exact) mass is 399 g/mol. The van der Waals surface area contributed by atoms with E-state index < -0.39 is 10.0 Å². The molecule has 2 aliphatic heterocycles. The summed E-state index contributed by atoms with van der Waals surface area (Å²) in [6.07, 6.45) is 1.21. The molecular weight excluding hydrogens is 374 g/mol. The van der Waals surface area contributed by atoms with Gasteiger partial charge in [0.05, 0.1) is 11.3 Å². The molecule has 7 heteroatoms. The molecule has 2 heterocycles. The highest BCUT2D eigenvalue weighted by atomic mass is 32.2. The van der Waals surface area contributed by atoms with Gasteiger partial charge in [0.15, 0.2) is 0 Å². The third-order valence-corrected chi connectivity index (χ3v) is 7.11. The average molecular weight is 400 g/mol. The van der Waals surface area contributed by atoms with Gasteiger partial charge in [-0.3, -0.25) is 4.79 Å². The second-order valence-electron chi connectivity index (χ2n) is 7.71. The molecule has 6 nitrogen and oxygen atoms in total. The van der Waals surface area contributed by atoms with E-state index in [1.165, 1.54) is 11.3 Å². The van der Waals surface area contributed by atoms with Crippen molar-refractivity contribution < 1.29 is 13.2 Å². The Hall–Kier alpha value is -2.38. The molecule has 0 saturated carbocycles. The Labute approximate surface area is 166 Å². The number of likely N-dealkylation sites (N-methyl/N-ethyl adjacent to an activating group) is 1. The molecule has 4 rings (SSSR count). The van der Waals surface area contributed by atoms with E-state index in [0.717, 1.165) is 30.8 Å². The van der Waals surface area contributed by atoms with Crippen LogP contribution in [0.25, 0.3) is 0 Å². The normalized spacial score (nSPS) is 19.4. The van der Waals surface area contributed by atoms with Crippen molar-refractivity contribution in [2.45, 2.75) is 24.7 Å². The number of amides is 1. The number of benzene rings is 2. The van der Waals surface area contributed by atoms with Crippen LogP contribution in [0.4, 0.5) is 11.4 Å². The fraction of sp³-hybridized carbons (Fsp3) is 0.381. The Bertz CT molecular complexity index is 1000. The molecule has 1 amide bonds. The van der Waals surface area contributed by atoms with Crippen molar-refractivity contribution in [2.75, 3.05) is 36.5 Å². The highest BCUT2D eigenvalue weighted by Crippen LogP contribution is 2.30. The smallest absolute Gasteiger partial charge is 0.240 e. The predicted octanol–water partition coefficient (Wildman–Crippen LogP) is 2.32. The molecule has 0 aromatic heterocycles. The molecule has 1 saturated heterocycles. The molecule has 0 bridgehead atoms. The fourth-order valence-corrected chi connectivity index (χ4v) is 5.08. The molecule has 1 fully saturated rings. The van der Waals surface area contributed by atoms with Gasteiger partial charge < -0.3 is 9.80 Å². The zero-order chi connectivity index (χ0) is 19.9. The Morgan fingerprint density at radius 3 is 2.64 bits per heavy atom. The lowest BCUT2D eigenvalue weighted by Crippen LogP contribution is -2.31. The van der Waals surface area contributed by atoms with Crippen LogP contribution in [0.3, 0.4) is 0 Å². The van der Waals surface area contributed by atoms with Crippen molar-refractivity contribution in [3.63, 3.8) is 0 Å². The van der Waals surface area contributed by atoms with Gasteiger partial charge >= 0.3 is 0 Å². The van der Waals surface area contributed by atoms with Gasteiger partial charge in [-0.1, -0.05) is 17.7 Å². The van der Waals surface area contributed by atoms with Crippen LogP contribution in [0, 0.1) is 12.8 Å². The van der Waals surface area contributed by atoms with E-state index in [-0.39, 0.29) is 23.1 Å². The van der Waals surface area contributed by atoms with Crippen molar-refractivity contribution in [2.24, 2.45) is 5.92 Å². The van der Waals surface area contributed by atoms with Gasteiger partial charge in [0.1, 0.15) is 0 Å². The first-order valence-corrected chi connectivity index (χ1v) is 11.0. The molecule has 1 unspecified atom stereocenters. The highest BCUT2D eigenvalue weighted by Gasteiger charge is 2.28. The van der Waals surface area contributed by atoms with E-state index in [1.807, 2.05) is 0 Å². The zero-order valence-corrected chi connectivity index (χ0v) is 17.0. The molecule has 28 heavy (non-hydrogen) atoms. The molecule has 1 atom stereocenters. The fourth-order valence-electron chi connectivity index (χ4n) is 3.91. The summed E-state index contributed by atoms with van der Waals surface area (Å²) in [5, 5.41) is 0. The van der Waals surface area contributed by atoms with Gasteiger partial charge in [-0.15, -0.1) is 0 Å². The molecular formula is C21H25N3O3S. The van der Waals surface area contributed by atoms with E-state index in [4.69, 9.17) is 0 Å². The van der Waals surface area contributed by atoms with Crippen molar-refractivity contribution >= 4 is 27.3 Å². The average Bonchev–Trinajstić information content (AvgIpc) is 3.26.